The van der Waals surface area contributed by atoms with Crippen molar-refractivity contribution in [1.82, 2.24) is 5.32 Å². The van der Waals surface area contributed by atoms with Crippen LogP contribution in [0.25, 0.3) is 0 Å². The zero-order chi connectivity index (χ0) is 10.6. The lowest BCUT2D eigenvalue weighted by Gasteiger charge is -2.14. The van der Waals surface area contributed by atoms with E-state index in [2.05, 4.69) is 5.32 Å². The molecule has 0 fully saturated rings. The molecule has 0 saturated carbocycles. The summed E-state index contributed by atoms with van der Waals surface area (Å²) in [6, 6.07) is 6.57. The SMILES string of the molecule is CC(C)NCC(O)c1ccccc1F. The second kappa shape index (κ2) is 5.08. The average Bonchev–Trinajstić information content (AvgIpc) is 2.15. The Morgan fingerprint density at radius 1 is 1.36 bits per heavy atom. The predicted molar refractivity (Wildman–Crippen MR) is 54.5 cm³/mol. The first-order valence-corrected chi connectivity index (χ1v) is 4.77. The van der Waals surface area contributed by atoms with Crippen LogP contribution < -0.4 is 5.32 Å². The van der Waals surface area contributed by atoms with Crippen molar-refractivity contribution in [3.8, 4) is 0 Å². The van der Waals surface area contributed by atoms with Crippen LogP contribution in [-0.4, -0.2) is 17.7 Å². The smallest absolute Gasteiger partial charge is 0.129 e. The fourth-order valence-electron chi connectivity index (χ4n) is 1.20. The van der Waals surface area contributed by atoms with E-state index in [4.69, 9.17) is 0 Å². The highest BCUT2D eigenvalue weighted by atomic mass is 19.1. The maximum atomic E-state index is 13.2. The van der Waals surface area contributed by atoms with E-state index in [1.807, 2.05) is 13.8 Å². The molecule has 14 heavy (non-hydrogen) atoms. The van der Waals surface area contributed by atoms with Gasteiger partial charge in [0.25, 0.3) is 0 Å². The van der Waals surface area contributed by atoms with Gasteiger partial charge in [0.15, 0.2) is 0 Å². The summed E-state index contributed by atoms with van der Waals surface area (Å²) in [5.41, 5.74) is 0.348. The molecule has 1 unspecified atom stereocenters. The topological polar surface area (TPSA) is 32.3 Å². The van der Waals surface area contributed by atoms with Gasteiger partial charge in [-0.1, -0.05) is 32.0 Å². The van der Waals surface area contributed by atoms with E-state index in [-0.39, 0.29) is 11.9 Å². The Kier molecular flexibility index (Phi) is 4.04. The van der Waals surface area contributed by atoms with E-state index in [1.54, 1.807) is 18.2 Å². The molecule has 0 bridgehead atoms. The van der Waals surface area contributed by atoms with Crippen molar-refractivity contribution in [2.75, 3.05) is 6.54 Å². The molecular weight excluding hydrogens is 181 g/mol. The molecule has 3 heteroatoms. The van der Waals surface area contributed by atoms with Crippen LogP contribution in [0.3, 0.4) is 0 Å². The van der Waals surface area contributed by atoms with Gasteiger partial charge in [-0.05, 0) is 6.07 Å². The molecule has 0 aromatic heterocycles. The molecule has 0 amide bonds. The Bertz CT molecular complexity index is 288. The van der Waals surface area contributed by atoms with E-state index in [0.717, 1.165) is 0 Å². The fourth-order valence-corrected chi connectivity index (χ4v) is 1.20. The quantitative estimate of drug-likeness (QED) is 0.772. The first kappa shape index (κ1) is 11.1. The summed E-state index contributed by atoms with van der Waals surface area (Å²) >= 11 is 0. The molecule has 0 aliphatic rings. The molecule has 0 heterocycles. The summed E-state index contributed by atoms with van der Waals surface area (Å²) in [5.74, 6) is -0.356. The van der Waals surface area contributed by atoms with Gasteiger partial charge >= 0.3 is 0 Å². The van der Waals surface area contributed by atoms with Gasteiger partial charge in [0.2, 0.25) is 0 Å². The molecule has 78 valence electrons. The molecule has 1 aromatic carbocycles. The molecule has 0 aliphatic heterocycles. The van der Waals surface area contributed by atoms with Gasteiger partial charge in [-0.25, -0.2) is 4.39 Å². The van der Waals surface area contributed by atoms with Crippen LogP contribution in [0.15, 0.2) is 24.3 Å². The van der Waals surface area contributed by atoms with Crippen LogP contribution in [0.4, 0.5) is 4.39 Å². The van der Waals surface area contributed by atoms with E-state index >= 15 is 0 Å². The van der Waals surface area contributed by atoms with Gasteiger partial charge in [-0.3, -0.25) is 0 Å². The Morgan fingerprint density at radius 3 is 2.57 bits per heavy atom. The summed E-state index contributed by atoms with van der Waals surface area (Å²) in [7, 11) is 0. The molecular formula is C11H16FNO. The van der Waals surface area contributed by atoms with Crippen molar-refractivity contribution < 1.29 is 9.50 Å². The third-order valence-corrected chi connectivity index (χ3v) is 1.98. The molecule has 0 radical (unpaired) electrons. The molecule has 0 aliphatic carbocycles. The van der Waals surface area contributed by atoms with E-state index in [9.17, 15) is 9.50 Å². The zero-order valence-corrected chi connectivity index (χ0v) is 8.50. The molecule has 0 saturated heterocycles. The third-order valence-electron chi connectivity index (χ3n) is 1.98. The lowest BCUT2D eigenvalue weighted by atomic mass is 10.1. The Hall–Kier alpha value is -0.930. The summed E-state index contributed by atoms with van der Waals surface area (Å²) in [6.07, 6.45) is -0.779. The molecule has 1 atom stereocenters. The number of hydrogen-bond acceptors (Lipinski definition) is 2. The minimum absolute atomic E-state index is 0.288. The summed E-state index contributed by atoms with van der Waals surface area (Å²) < 4.78 is 13.2. The highest BCUT2D eigenvalue weighted by molar-refractivity contribution is 5.19. The van der Waals surface area contributed by atoms with E-state index in [0.29, 0.717) is 12.1 Å². The largest absolute Gasteiger partial charge is 0.387 e. The summed E-state index contributed by atoms with van der Waals surface area (Å²) in [6.45, 7) is 4.33. The second-order valence-corrected chi connectivity index (χ2v) is 3.60. The normalized spacial score (nSPS) is 13.2. The molecule has 1 aromatic rings. The van der Waals surface area contributed by atoms with Gasteiger partial charge < -0.3 is 10.4 Å². The first-order chi connectivity index (χ1) is 6.61. The maximum absolute atomic E-state index is 13.2. The van der Waals surface area contributed by atoms with Crippen molar-refractivity contribution in [2.24, 2.45) is 0 Å². The van der Waals surface area contributed by atoms with Gasteiger partial charge in [-0.15, -0.1) is 0 Å². The standard InChI is InChI=1S/C11H16FNO/c1-8(2)13-7-11(14)9-5-3-4-6-10(9)12/h3-6,8,11,13-14H,7H2,1-2H3. The van der Waals surface area contributed by atoms with Crippen LogP contribution in [0.2, 0.25) is 0 Å². The lowest BCUT2D eigenvalue weighted by Crippen LogP contribution is -2.28. The van der Waals surface area contributed by atoms with Crippen LogP contribution in [0.5, 0.6) is 0 Å². The van der Waals surface area contributed by atoms with Gasteiger partial charge in [0.05, 0.1) is 6.10 Å². The van der Waals surface area contributed by atoms with Crippen LogP contribution in [-0.2, 0) is 0 Å². The average molecular weight is 197 g/mol. The van der Waals surface area contributed by atoms with Crippen molar-refractivity contribution in [3.63, 3.8) is 0 Å². The minimum Gasteiger partial charge on any atom is -0.387 e. The number of aliphatic hydroxyl groups is 1. The Morgan fingerprint density at radius 2 is 2.00 bits per heavy atom. The summed E-state index contributed by atoms with van der Waals surface area (Å²) in [4.78, 5) is 0. The lowest BCUT2D eigenvalue weighted by molar-refractivity contribution is 0.167. The second-order valence-electron chi connectivity index (χ2n) is 3.60. The maximum Gasteiger partial charge on any atom is 0.129 e. The van der Waals surface area contributed by atoms with Crippen LogP contribution in [0.1, 0.15) is 25.5 Å². The Balaban J connectivity index is 2.60. The number of halogens is 1. The monoisotopic (exact) mass is 197 g/mol. The van der Waals surface area contributed by atoms with Gasteiger partial charge in [-0.2, -0.15) is 0 Å². The highest BCUT2D eigenvalue weighted by Gasteiger charge is 2.11. The highest BCUT2D eigenvalue weighted by Crippen LogP contribution is 2.15. The number of rotatable bonds is 4. The number of hydrogen-bond donors (Lipinski definition) is 2. The fraction of sp³-hybridized carbons (Fsp3) is 0.455. The van der Waals surface area contributed by atoms with E-state index < -0.39 is 6.10 Å². The number of nitrogens with one attached hydrogen (secondary N) is 1. The summed E-state index contributed by atoms with van der Waals surface area (Å²) in [5, 5.41) is 12.7. The van der Waals surface area contributed by atoms with Gasteiger partial charge in [0.1, 0.15) is 5.82 Å². The van der Waals surface area contributed by atoms with Crippen molar-refractivity contribution in [3.05, 3.63) is 35.6 Å². The molecule has 0 spiro atoms. The first-order valence-electron chi connectivity index (χ1n) is 4.77. The van der Waals surface area contributed by atoms with E-state index in [1.165, 1.54) is 6.07 Å². The molecule has 2 nitrogen and oxygen atoms in total. The molecule has 2 N–H and O–H groups in total. The number of aliphatic hydroxyl groups excluding tert-OH is 1. The van der Waals surface area contributed by atoms with Crippen molar-refractivity contribution >= 4 is 0 Å². The van der Waals surface area contributed by atoms with Crippen molar-refractivity contribution in [1.29, 1.82) is 0 Å². The third kappa shape index (κ3) is 3.09. The van der Waals surface area contributed by atoms with Crippen LogP contribution >= 0.6 is 0 Å². The minimum atomic E-state index is -0.779. The van der Waals surface area contributed by atoms with Crippen molar-refractivity contribution in [2.45, 2.75) is 26.0 Å². The predicted octanol–water partition coefficient (Wildman–Crippen LogP) is 1.86. The Labute approximate surface area is 83.8 Å². The van der Waals surface area contributed by atoms with Gasteiger partial charge in [0, 0.05) is 18.2 Å². The number of benzene rings is 1. The molecule has 1 rings (SSSR count). The zero-order valence-electron chi connectivity index (χ0n) is 8.50. The van der Waals surface area contributed by atoms with Crippen LogP contribution in [0, 0.1) is 5.82 Å².